The molecule has 0 aliphatic heterocycles. The molecule has 2 aromatic rings. The summed E-state index contributed by atoms with van der Waals surface area (Å²) in [6, 6.07) is 12.0. The van der Waals surface area contributed by atoms with Crippen LogP contribution in [0.3, 0.4) is 0 Å². The Hall–Kier alpha value is -2.84. The largest absolute Gasteiger partial charge is 0.509 e. The van der Waals surface area contributed by atoms with Gasteiger partial charge in [-0.25, -0.2) is 4.79 Å². The van der Waals surface area contributed by atoms with Crippen molar-refractivity contribution in [2.24, 2.45) is 0 Å². The van der Waals surface area contributed by atoms with E-state index in [4.69, 9.17) is 40.0 Å². The molecule has 0 bridgehead atoms. The number of hydrogen-bond acceptors (Lipinski definition) is 7. The molecule has 35 heavy (non-hydrogen) atoms. The van der Waals surface area contributed by atoms with Crippen LogP contribution in [0.5, 0.6) is 23.0 Å². The van der Waals surface area contributed by atoms with Crippen molar-refractivity contribution in [2.45, 2.75) is 38.4 Å². The van der Waals surface area contributed by atoms with Crippen LogP contribution in [0.2, 0.25) is 0 Å². The van der Waals surface area contributed by atoms with Gasteiger partial charge in [-0.15, -0.1) is 0 Å². The van der Waals surface area contributed by atoms with Crippen molar-refractivity contribution >= 4 is 17.8 Å². The third kappa shape index (κ3) is 9.03. The molecule has 0 aromatic heterocycles. The first-order valence-electron chi connectivity index (χ1n) is 11.5. The van der Waals surface area contributed by atoms with Crippen LogP contribution in [-0.2, 0) is 22.6 Å². The van der Waals surface area contributed by atoms with E-state index in [1.807, 2.05) is 24.3 Å². The Morgan fingerprint density at radius 1 is 0.829 bits per heavy atom. The summed E-state index contributed by atoms with van der Waals surface area (Å²) in [5.41, 5.74) is 1.54. The average molecular weight is 511 g/mol. The van der Waals surface area contributed by atoms with Gasteiger partial charge in [0.2, 0.25) is 0 Å². The van der Waals surface area contributed by atoms with Crippen molar-refractivity contribution < 1.29 is 37.7 Å². The number of ether oxygens (including phenoxy) is 6. The second-order valence-electron chi connectivity index (χ2n) is 8.50. The highest BCUT2D eigenvalue weighted by Crippen LogP contribution is 2.31. The van der Waals surface area contributed by atoms with E-state index in [1.54, 1.807) is 35.4 Å². The lowest BCUT2D eigenvalue weighted by atomic mass is 10.1. The molecule has 0 aliphatic carbocycles. The topological polar surface area (TPSA) is 72.5 Å². The smallest absolute Gasteiger partial charge is 0.493 e. The van der Waals surface area contributed by atoms with Crippen molar-refractivity contribution in [1.82, 2.24) is 0 Å². The van der Waals surface area contributed by atoms with Gasteiger partial charge >= 0.3 is 6.16 Å². The van der Waals surface area contributed by atoms with Crippen LogP contribution in [-0.4, -0.2) is 64.8 Å². The molecule has 0 amide bonds. The van der Waals surface area contributed by atoms with Gasteiger partial charge in [0.05, 0.1) is 48.6 Å². The minimum absolute atomic E-state index is 0.273. The minimum Gasteiger partial charge on any atom is -0.493 e. The van der Waals surface area contributed by atoms with Crippen LogP contribution >= 0.6 is 11.6 Å². The Labute approximate surface area is 213 Å². The van der Waals surface area contributed by atoms with E-state index < -0.39 is 11.7 Å². The number of carbonyl (C=O) groups excluding carboxylic acids is 1. The summed E-state index contributed by atoms with van der Waals surface area (Å²) in [6.45, 7) is 4.22. The lowest BCUT2D eigenvalue weighted by Gasteiger charge is -2.35. The number of alkyl halides is 1. The monoisotopic (exact) mass is 510 g/mol. The Morgan fingerprint density at radius 2 is 1.31 bits per heavy atom. The van der Waals surface area contributed by atoms with Crippen molar-refractivity contribution in [2.75, 3.05) is 48.6 Å². The zero-order valence-corrected chi connectivity index (χ0v) is 22.2. The predicted octanol–water partition coefficient (Wildman–Crippen LogP) is 5.39. The average Bonchev–Trinajstić information content (AvgIpc) is 2.83. The quantitative estimate of drug-likeness (QED) is 0.146. The fourth-order valence-electron chi connectivity index (χ4n) is 3.97. The zero-order valence-electron chi connectivity index (χ0n) is 21.5. The van der Waals surface area contributed by atoms with Gasteiger partial charge in [0.15, 0.2) is 28.6 Å². The van der Waals surface area contributed by atoms with Crippen LogP contribution in [0.25, 0.3) is 0 Å². The first-order valence-corrected chi connectivity index (χ1v) is 11.9. The zero-order chi connectivity index (χ0) is 25.8. The third-order valence-corrected chi connectivity index (χ3v) is 5.68. The highest BCUT2D eigenvalue weighted by atomic mass is 35.5. The molecule has 0 saturated heterocycles. The van der Waals surface area contributed by atoms with E-state index in [1.165, 1.54) is 0 Å². The Kier molecular flexibility index (Phi) is 11.3. The fraction of sp³-hybridized carbons (Fsp3) is 0.500. The summed E-state index contributed by atoms with van der Waals surface area (Å²) in [7, 11) is 8.73. The lowest BCUT2D eigenvalue weighted by Crippen LogP contribution is -2.43. The molecule has 1 atom stereocenters. The first kappa shape index (κ1) is 28.4. The second-order valence-corrected chi connectivity index (χ2v) is 9.12. The van der Waals surface area contributed by atoms with Gasteiger partial charge in [-0.05, 0) is 56.2 Å². The summed E-state index contributed by atoms with van der Waals surface area (Å²) < 4.78 is 32.4. The number of methoxy groups -OCH3 is 4. The SMILES string of the molecule is COc1ccc(C[N+](C)(CCCCOC(=O)OC(C)Cl)Cc2ccc(OC)c(OC)c2)cc1OC. The number of halogens is 1. The van der Waals surface area contributed by atoms with Crippen LogP contribution in [0.4, 0.5) is 4.79 Å². The van der Waals surface area contributed by atoms with Gasteiger partial charge < -0.3 is 32.9 Å². The molecule has 9 heteroatoms. The van der Waals surface area contributed by atoms with Crippen molar-refractivity contribution in [3.63, 3.8) is 0 Å². The molecule has 2 aromatic carbocycles. The highest BCUT2D eigenvalue weighted by Gasteiger charge is 2.24. The highest BCUT2D eigenvalue weighted by molar-refractivity contribution is 6.19. The molecule has 0 spiro atoms. The van der Waals surface area contributed by atoms with E-state index >= 15 is 0 Å². The molecule has 0 saturated carbocycles. The maximum atomic E-state index is 11.5. The summed E-state index contributed by atoms with van der Waals surface area (Å²) in [5, 5.41) is 0. The number of unbranched alkanes of at least 4 members (excludes halogenated alkanes) is 1. The van der Waals surface area contributed by atoms with Gasteiger partial charge in [0.1, 0.15) is 13.1 Å². The van der Waals surface area contributed by atoms with E-state index in [9.17, 15) is 4.79 Å². The fourth-order valence-corrected chi connectivity index (χ4v) is 4.04. The predicted molar refractivity (Wildman–Crippen MR) is 135 cm³/mol. The molecule has 0 aliphatic rings. The van der Waals surface area contributed by atoms with Gasteiger partial charge in [0, 0.05) is 11.1 Å². The molecule has 1 unspecified atom stereocenters. The molecule has 0 N–H and O–H groups in total. The number of benzene rings is 2. The summed E-state index contributed by atoms with van der Waals surface area (Å²) in [6.07, 6.45) is 0.804. The molecule has 2 rings (SSSR count). The first-order chi connectivity index (χ1) is 16.7. The van der Waals surface area contributed by atoms with Crippen LogP contribution < -0.4 is 18.9 Å². The summed E-state index contributed by atoms with van der Waals surface area (Å²) in [4.78, 5) is 11.5. The standard InChI is InChI=1S/C26H37ClNO7/c1-19(27)35-26(29)34-14-8-7-13-28(2,17-20-9-11-22(30-3)24(15-20)32-5)18-21-10-12-23(31-4)25(16-21)33-6/h9-12,15-16,19H,7-8,13-14,17-18H2,1-6H3/q+1. The van der Waals surface area contributed by atoms with E-state index in [0.29, 0.717) is 33.9 Å². The molecule has 8 nitrogen and oxygen atoms in total. The minimum atomic E-state index is -0.750. The third-order valence-electron chi connectivity index (χ3n) is 5.60. The van der Waals surface area contributed by atoms with Crippen molar-refractivity contribution in [3.8, 4) is 23.0 Å². The summed E-state index contributed by atoms with van der Waals surface area (Å²) >= 11 is 5.65. The van der Waals surface area contributed by atoms with Gasteiger partial charge in [-0.1, -0.05) is 11.6 Å². The Bertz CT molecular complexity index is 894. The van der Waals surface area contributed by atoms with E-state index in [-0.39, 0.29) is 6.61 Å². The van der Waals surface area contributed by atoms with Crippen LogP contribution in [0.1, 0.15) is 30.9 Å². The number of rotatable bonds is 14. The maximum Gasteiger partial charge on any atom is 0.509 e. The van der Waals surface area contributed by atoms with Gasteiger partial charge in [-0.3, -0.25) is 0 Å². The number of carbonyl (C=O) groups is 1. The maximum absolute atomic E-state index is 11.5. The second kappa shape index (κ2) is 13.9. The molecule has 0 heterocycles. The molecule has 0 radical (unpaired) electrons. The molecular formula is C26H37ClNO7+. The van der Waals surface area contributed by atoms with Crippen molar-refractivity contribution in [1.29, 1.82) is 0 Å². The van der Waals surface area contributed by atoms with Crippen LogP contribution in [0.15, 0.2) is 36.4 Å². The van der Waals surface area contributed by atoms with E-state index in [0.717, 1.165) is 37.2 Å². The normalized spacial score (nSPS) is 12.0. The Balaban J connectivity index is 2.15. The molecule has 0 fully saturated rings. The van der Waals surface area contributed by atoms with Crippen LogP contribution in [0, 0.1) is 0 Å². The molecular weight excluding hydrogens is 474 g/mol. The number of quaternary nitrogens is 1. The Morgan fingerprint density at radius 3 is 1.74 bits per heavy atom. The number of hydrogen-bond donors (Lipinski definition) is 0. The summed E-state index contributed by atoms with van der Waals surface area (Å²) in [5.74, 6) is 2.78. The van der Waals surface area contributed by atoms with Crippen molar-refractivity contribution in [3.05, 3.63) is 47.5 Å². The molecule has 194 valence electrons. The lowest BCUT2D eigenvalue weighted by molar-refractivity contribution is -0.935. The number of nitrogens with zero attached hydrogens (tertiary/aromatic N) is 1. The van der Waals surface area contributed by atoms with E-state index in [2.05, 4.69) is 19.2 Å². The van der Waals surface area contributed by atoms with Gasteiger partial charge in [0.25, 0.3) is 0 Å². The van der Waals surface area contributed by atoms with Gasteiger partial charge in [-0.2, -0.15) is 0 Å².